The first kappa shape index (κ1) is 14.5. The average Bonchev–Trinajstić information content (AvgIpc) is 2.89. The lowest BCUT2D eigenvalue weighted by molar-refractivity contribution is 0.293. The highest BCUT2D eigenvalue weighted by molar-refractivity contribution is 7.71. The van der Waals surface area contributed by atoms with Crippen LogP contribution in [0.3, 0.4) is 0 Å². The van der Waals surface area contributed by atoms with Crippen LogP contribution in [0.2, 0.25) is 0 Å². The third-order valence-corrected chi connectivity index (χ3v) is 3.49. The molecule has 0 spiro atoms. The lowest BCUT2D eigenvalue weighted by Gasteiger charge is -2.08. The van der Waals surface area contributed by atoms with Gasteiger partial charge in [0.1, 0.15) is 18.2 Å². The van der Waals surface area contributed by atoms with Gasteiger partial charge in [-0.25, -0.2) is 4.39 Å². The third-order valence-electron chi connectivity index (χ3n) is 3.22. The molecule has 1 N–H and O–H groups in total. The van der Waals surface area contributed by atoms with E-state index in [4.69, 9.17) is 17.0 Å². The number of halogens is 1. The molecular weight excluding hydrogens is 301 g/mol. The second-order valence-corrected chi connectivity index (χ2v) is 5.25. The minimum absolute atomic E-state index is 0.258. The van der Waals surface area contributed by atoms with E-state index in [9.17, 15) is 4.39 Å². The summed E-state index contributed by atoms with van der Waals surface area (Å²) in [6.45, 7) is 2.27. The molecule has 1 aromatic heterocycles. The molecule has 4 nitrogen and oxygen atoms in total. The van der Waals surface area contributed by atoms with Gasteiger partial charge in [-0.3, -0.25) is 9.67 Å². The highest BCUT2D eigenvalue weighted by Gasteiger charge is 2.09. The largest absolute Gasteiger partial charge is 0.486 e. The van der Waals surface area contributed by atoms with Crippen LogP contribution in [0.4, 0.5) is 4.39 Å². The maximum Gasteiger partial charge on any atom is 0.199 e. The van der Waals surface area contributed by atoms with Crippen molar-refractivity contribution in [3.05, 3.63) is 70.5 Å². The predicted molar refractivity (Wildman–Crippen MR) is 84.2 cm³/mol. The molecule has 0 aliphatic rings. The number of aryl methyl sites for hydroxylation is 1. The number of hydrogen-bond acceptors (Lipinski definition) is 3. The summed E-state index contributed by atoms with van der Waals surface area (Å²) < 4.78 is 20.9. The Balaban J connectivity index is 1.84. The molecule has 0 saturated heterocycles. The number of rotatable bonds is 4. The summed E-state index contributed by atoms with van der Waals surface area (Å²) >= 11 is 5.23. The molecule has 0 amide bonds. The van der Waals surface area contributed by atoms with Gasteiger partial charge in [0, 0.05) is 5.69 Å². The number of ether oxygens (including phenoxy) is 1. The fourth-order valence-corrected chi connectivity index (χ4v) is 2.32. The first-order valence-corrected chi connectivity index (χ1v) is 7.16. The molecule has 0 aliphatic carbocycles. The molecule has 0 radical (unpaired) electrons. The average molecular weight is 315 g/mol. The summed E-state index contributed by atoms with van der Waals surface area (Å²) in [5, 5.41) is 6.91. The van der Waals surface area contributed by atoms with Crippen LogP contribution in [0.25, 0.3) is 5.69 Å². The van der Waals surface area contributed by atoms with Crippen LogP contribution in [-0.2, 0) is 6.61 Å². The fourth-order valence-electron chi connectivity index (χ4n) is 2.07. The van der Waals surface area contributed by atoms with Crippen LogP contribution in [0, 0.1) is 17.5 Å². The zero-order valence-corrected chi connectivity index (χ0v) is 12.7. The summed E-state index contributed by atoms with van der Waals surface area (Å²) in [4.78, 5) is 0. The predicted octanol–water partition coefficient (Wildman–Crippen LogP) is 3.96. The SMILES string of the molecule is Cc1ccc(OCc2n[nH]c(=S)n2-c2ccc(F)cc2)cc1. The molecular formula is C16H14FN3OS. The summed E-state index contributed by atoms with van der Waals surface area (Å²) in [7, 11) is 0. The third kappa shape index (κ3) is 3.07. The standard InChI is InChI=1S/C16H14FN3OS/c1-11-2-8-14(9-3-11)21-10-15-18-19-16(22)20(15)13-6-4-12(17)5-7-13/h2-9H,10H2,1H3,(H,19,22). The number of benzene rings is 2. The van der Waals surface area contributed by atoms with Gasteiger partial charge in [-0.2, -0.15) is 5.10 Å². The van der Waals surface area contributed by atoms with E-state index >= 15 is 0 Å². The molecule has 0 bridgehead atoms. The van der Waals surface area contributed by atoms with Crippen LogP contribution in [0.1, 0.15) is 11.4 Å². The summed E-state index contributed by atoms with van der Waals surface area (Å²) in [5.74, 6) is 1.08. The normalized spacial score (nSPS) is 10.6. The number of nitrogens with one attached hydrogen (secondary N) is 1. The summed E-state index contributed by atoms with van der Waals surface area (Å²) in [6, 6.07) is 13.8. The monoisotopic (exact) mass is 315 g/mol. The molecule has 1 heterocycles. The van der Waals surface area contributed by atoms with E-state index in [0.717, 1.165) is 11.4 Å². The van der Waals surface area contributed by atoms with Gasteiger partial charge in [-0.1, -0.05) is 17.7 Å². The van der Waals surface area contributed by atoms with Crippen molar-refractivity contribution in [2.45, 2.75) is 13.5 Å². The number of aromatic nitrogens is 3. The highest BCUT2D eigenvalue weighted by Crippen LogP contribution is 2.16. The maximum absolute atomic E-state index is 13.0. The zero-order valence-electron chi connectivity index (χ0n) is 11.9. The summed E-state index contributed by atoms with van der Waals surface area (Å²) in [6.07, 6.45) is 0. The molecule has 0 fully saturated rings. The minimum Gasteiger partial charge on any atom is -0.486 e. The number of nitrogens with zero attached hydrogens (tertiary/aromatic N) is 2. The van der Waals surface area contributed by atoms with Gasteiger partial charge in [0.25, 0.3) is 0 Å². The summed E-state index contributed by atoms with van der Waals surface area (Å²) in [5.41, 5.74) is 1.91. The minimum atomic E-state index is -0.295. The first-order chi connectivity index (χ1) is 10.6. The van der Waals surface area contributed by atoms with Crippen molar-refractivity contribution in [3.8, 4) is 11.4 Å². The van der Waals surface area contributed by atoms with Gasteiger partial charge in [0.2, 0.25) is 0 Å². The van der Waals surface area contributed by atoms with Gasteiger partial charge >= 0.3 is 0 Å². The molecule has 3 rings (SSSR count). The van der Waals surface area contributed by atoms with Crippen molar-refractivity contribution in [2.75, 3.05) is 0 Å². The smallest absolute Gasteiger partial charge is 0.199 e. The van der Waals surface area contributed by atoms with E-state index in [1.807, 2.05) is 31.2 Å². The fraction of sp³-hybridized carbons (Fsp3) is 0.125. The van der Waals surface area contributed by atoms with Crippen LogP contribution < -0.4 is 4.74 Å². The van der Waals surface area contributed by atoms with Crippen molar-refractivity contribution in [3.63, 3.8) is 0 Å². The van der Waals surface area contributed by atoms with E-state index in [1.165, 1.54) is 17.7 Å². The van der Waals surface area contributed by atoms with Gasteiger partial charge < -0.3 is 4.74 Å². The van der Waals surface area contributed by atoms with Crippen molar-refractivity contribution < 1.29 is 9.13 Å². The Morgan fingerprint density at radius 3 is 2.50 bits per heavy atom. The Hall–Kier alpha value is -2.47. The van der Waals surface area contributed by atoms with Gasteiger partial charge in [0.15, 0.2) is 10.6 Å². The van der Waals surface area contributed by atoms with Gasteiger partial charge in [-0.15, -0.1) is 0 Å². The lowest BCUT2D eigenvalue weighted by Crippen LogP contribution is -2.05. The quantitative estimate of drug-likeness (QED) is 0.741. The Bertz CT molecular complexity index is 822. The lowest BCUT2D eigenvalue weighted by atomic mass is 10.2. The molecule has 6 heteroatoms. The molecule has 0 aliphatic heterocycles. The molecule has 0 saturated carbocycles. The van der Waals surface area contributed by atoms with E-state index < -0.39 is 0 Å². The van der Waals surface area contributed by atoms with Crippen molar-refractivity contribution >= 4 is 12.2 Å². The Morgan fingerprint density at radius 1 is 1.14 bits per heavy atom. The molecule has 2 aromatic carbocycles. The number of aromatic amines is 1. The van der Waals surface area contributed by atoms with E-state index in [-0.39, 0.29) is 12.4 Å². The van der Waals surface area contributed by atoms with E-state index in [0.29, 0.717) is 10.6 Å². The second kappa shape index (κ2) is 6.11. The Kier molecular flexibility index (Phi) is 4.02. The van der Waals surface area contributed by atoms with E-state index in [2.05, 4.69) is 10.2 Å². The van der Waals surface area contributed by atoms with Gasteiger partial charge in [-0.05, 0) is 55.5 Å². The number of hydrogen-bond donors (Lipinski definition) is 1. The van der Waals surface area contributed by atoms with Crippen LogP contribution >= 0.6 is 12.2 Å². The molecule has 0 unspecified atom stereocenters. The van der Waals surface area contributed by atoms with Crippen molar-refractivity contribution in [1.29, 1.82) is 0 Å². The maximum atomic E-state index is 13.0. The van der Waals surface area contributed by atoms with E-state index in [1.54, 1.807) is 16.7 Å². The molecule has 3 aromatic rings. The van der Waals surface area contributed by atoms with Crippen molar-refractivity contribution in [1.82, 2.24) is 14.8 Å². The topological polar surface area (TPSA) is 42.8 Å². The van der Waals surface area contributed by atoms with Crippen LogP contribution in [-0.4, -0.2) is 14.8 Å². The first-order valence-electron chi connectivity index (χ1n) is 6.75. The number of H-pyrrole nitrogens is 1. The second-order valence-electron chi connectivity index (χ2n) is 4.86. The Labute approximate surface area is 132 Å². The van der Waals surface area contributed by atoms with Crippen LogP contribution in [0.15, 0.2) is 48.5 Å². The molecule has 0 atom stereocenters. The van der Waals surface area contributed by atoms with Gasteiger partial charge in [0.05, 0.1) is 0 Å². The molecule has 112 valence electrons. The Morgan fingerprint density at radius 2 is 1.82 bits per heavy atom. The van der Waals surface area contributed by atoms with Crippen LogP contribution in [0.5, 0.6) is 5.75 Å². The van der Waals surface area contributed by atoms with Crippen molar-refractivity contribution in [2.24, 2.45) is 0 Å². The zero-order chi connectivity index (χ0) is 15.5. The highest BCUT2D eigenvalue weighted by atomic mass is 32.1. The molecule has 22 heavy (non-hydrogen) atoms.